The van der Waals surface area contributed by atoms with Crippen LogP contribution in [0.3, 0.4) is 0 Å². The number of sulfonamides is 1. The Morgan fingerprint density at radius 2 is 2.14 bits per heavy atom. The maximum absolute atomic E-state index is 12.0. The number of halogens is 1. The second kappa shape index (κ2) is 7.92. The molecule has 0 unspecified atom stereocenters. The van der Waals surface area contributed by atoms with Gasteiger partial charge in [-0.05, 0) is 42.6 Å². The van der Waals surface area contributed by atoms with E-state index in [1.165, 1.54) is 0 Å². The molecule has 0 saturated heterocycles. The monoisotopic (exact) mass is 383 g/mol. The van der Waals surface area contributed by atoms with Crippen LogP contribution in [0, 0.1) is 0 Å². The Bertz CT molecular complexity index is 581. The molecule has 1 rings (SSSR count). The van der Waals surface area contributed by atoms with Crippen LogP contribution in [0.5, 0.6) is 0 Å². The molecule has 0 spiro atoms. The molecule has 0 amide bonds. The van der Waals surface area contributed by atoms with Gasteiger partial charge in [0.1, 0.15) is 4.90 Å². The van der Waals surface area contributed by atoms with Gasteiger partial charge in [-0.2, -0.15) is 0 Å². The number of carboxylic acids is 1. The minimum absolute atomic E-state index is 0.129. The Kier molecular flexibility index (Phi) is 6.85. The minimum atomic E-state index is -3.80. The fourth-order valence-electron chi connectivity index (χ4n) is 1.47. The van der Waals surface area contributed by atoms with Crippen molar-refractivity contribution in [3.63, 3.8) is 0 Å². The molecule has 2 N–H and O–H groups in total. The Morgan fingerprint density at radius 3 is 2.67 bits per heavy atom. The number of rotatable bonds is 9. The first-order valence-electron chi connectivity index (χ1n) is 6.38. The number of hydrogen-bond donors (Lipinski definition) is 2. The molecule has 0 aliphatic rings. The van der Waals surface area contributed by atoms with Crippen molar-refractivity contribution in [1.29, 1.82) is 0 Å². The summed E-state index contributed by atoms with van der Waals surface area (Å²) in [5.41, 5.74) is 0. The molecular weight excluding hydrogens is 366 g/mol. The van der Waals surface area contributed by atoms with E-state index in [-0.39, 0.29) is 22.2 Å². The van der Waals surface area contributed by atoms with Crippen LogP contribution in [0.1, 0.15) is 37.2 Å². The molecule has 1 heterocycles. The maximum atomic E-state index is 12.0. The third kappa shape index (κ3) is 5.77. The Labute approximate surface area is 131 Å². The molecule has 0 fully saturated rings. The number of carboxylic acid groups (broad SMARTS) is 1. The zero-order chi connectivity index (χ0) is 16.0. The summed E-state index contributed by atoms with van der Waals surface area (Å²) in [5.74, 6) is -1.77. The fraction of sp³-hybridized carbons (Fsp3) is 0.583. The van der Waals surface area contributed by atoms with E-state index in [2.05, 4.69) is 20.7 Å². The van der Waals surface area contributed by atoms with Gasteiger partial charge in [0.05, 0.1) is 6.10 Å². The minimum Gasteiger partial charge on any atom is -0.475 e. The standard InChI is InChI=1S/C12H18BrNO6S/c1-8(2)19-6-4-3-5-14-21(17,18)10-7-9(12(15)16)20-11(10)13/h7-8,14H,3-6H2,1-2H3,(H,15,16). The normalized spacial score (nSPS) is 12.0. The number of aromatic carboxylic acids is 1. The smallest absolute Gasteiger partial charge is 0.371 e. The highest BCUT2D eigenvalue weighted by molar-refractivity contribution is 9.10. The van der Waals surface area contributed by atoms with Crippen LogP contribution < -0.4 is 4.72 Å². The fourth-order valence-corrected chi connectivity index (χ4v) is 3.48. The first-order valence-corrected chi connectivity index (χ1v) is 8.65. The average molecular weight is 384 g/mol. The van der Waals surface area contributed by atoms with Gasteiger partial charge in [-0.25, -0.2) is 17.9 Å². The molecule has 0 aliphatic heterocycles. The number of nitrogens with one attached hydrogen (secondary N) is 1. The number of ether oxygens (including phenoxy) is 1. The van der Waals surface area contributed by atoms with E-state index in [9.17, 15) is 13.2 Å². The van der Waals surface area contributed by atoms with Gasteiger partial charge in [0.15, 0.2) is 4.67 Å². The van der Waals surface area contributed by atoms with Crippen molar-refractivity contribution in [3.05, 3.63) is 16.5 Å². The van der Waals surface area contributed by atoms with Crippen molar-refractivity contribution in [3.8, 4) is 0 Å². The highest BCUT2D eigenvalue weighted by Crippen LogP contribution is 2.25. The van der Waals surface area contributed by atoms with Crippen molar-refractivity contribution >= 4 is 31.9 Å². The first-order chi connectivity index (χ1) is 9.74. The molecule has 0 radical (unpaired) electrons. The average Bonchev–Trinajstić information content (AvgIpc) is 2.76. The Hall–Kier alpha value is -0.900. The van der Waals surface area contributed by atoms with Crippen molar-refractivity contribution < 1.29 is 27.5 Å². The van der Waals surface area contributed by atoms with E-state index in [0.717, 1.165) is 12.5 Å². The summed E-state index contributed by atoms with van der Waals surface area (Å²) in [6.07, 6.45) is 1.50. The van der Waals surface area contributed by atoms with Crippen LogP contribution in [0.4, 0.5) is 0 Å². The summed E-state index contributed by atoms with van der Waals surface area (Å²) in [6, 6.07) is 0.969. The van der Waals surface area contributed by atoms with Crippen molar-refractivity contribution in [2.45, 2.75) is 37.7 Å². The zero-order valence-electron chi connectivity index (χ0n) is 11.8. The largest absolute Gasteiger partial charge is 0.475 e. The van der Waals surface area contributed by atoms with Crippen LogP contribution in [-0.4, -0.2) is 38.7 Å². The lowest BCUT2D eigenvalue weighted by atomic mass is 10.3. The van der Waals surface area contributed by atoms with Crippen molar-refractivity contribution in [2.24, 2.45) is 0 Å². The number of carbonyl (C=O) groups is 1. The van der Waals surface area contributed by atoms with Gasteiger partial charge in [0, 0.05) is 19.2 Å². The molecule has 7 nitrogen and oxygen atoms in total. The summed E-state index contributed by atoms with van der Waals surface area (Å²) in [4.78, 5) is 10.5. The lowest BCUT2D eigenvalue weighted by molar-refractivity contribution is 0.0660. The van der Waals surface area contributed by atoms with Gasteiger partial charge in [-0.3, -0.25) is 0 Å². The third-order valence-electron chi connectivity index (χ3n) is 2.47. The molecule has 1 aromatic heterocycles. The molecule has 1 aromatic rings. The molecule has 120 valence electrons. The third-order valence-corrected chi connectivity index (χ3v) is 4.79. The Morgan fingerprint density at radius 1 is 1.48 bits per heavy atom. The van der Waals surface area contributed by atoms with Gasteiger partial charge in [0.2, 0.25) is 15.8 Å². The second-order valence-corrected chi connectivity index (χ2v) is 7.03. The van der Waals surface area contributed by atoms with Crippen LogP contribution in [0.15, 0.2) is 20.0 Å². The van der Waals surface area contributed by atoms with Gasteiger partial charge in [-0.15, -0.1) is 0 Å². The number of furan rings is 1. The zero-order valence-corrected chi connectivity index (χ0v) is 14.2. The topological polar surface area (TPSA) is 106 Å². The van der Waals surface area contributed by atoms with Crippen molar-refractivity contribution in [1.82, 2.24) is 4.72 Å². The van der Waals surface area contributed by atoms with E-state index < -0.39 is 21.8 Å². The van der Waals surface area contributed by atoms with E-state index in [0.29, 0.717) is 13.0 Å². The molecule has 9 heteroatoms. The van der Waals surface area contributed by atoms with E-state index >= 15 is 0 Å². The lowest BCUT2D eigenvalue weighted by Crippen LogP contribution is -2.25. The van der Waals surface area contributed by atoms with Gasteiger partial charge in [-0.1, -0.05) is 0 Å². The van der Waals surface area contributed by atoms with Crippen molar-refractivity contribution in [2.75, 3.05) is 13.2 Å². The maximum Gasteiger partial charge on any atom is 0.371 e. The number of unbranched alkanes of at least 4 members (excludes halogenated alkanes) is 1. The summed E-state index contributed by atoms with van der Waals surface area (Å²) >= 11 is 2.90. The quantitative estimate of drug-likeness (QED) is 0.633. The molecule has 0 aromatic carbocycles. The number of hydrogen-bond acceptors (Lipinski definition) is 5. The first kappa shape index (κ1) is 18.1. The van der Waals surface area contributed by atoms with E-state index in [1.54, 1.807) is 0 Å². The lowest BCUT2D eigenvalue weighted by Gasteiger charge is -2.08. The second-order valence-electron chi connectivity index (χ2n) is 4.58. The predicted molar refractivity (Wildman–Crippen MR) is 78.9 cm³/mol. The van der Waals surface area contributed by atoms with Crippen LogP contribution >= 0.6 is 15.9 Å². The Balaban J connectivity index is 2.52. The highest BCUT2D eigenvalue weighted by Gasteiger charge is 2.24. The summed E-state index contributed by atoms with van der Waals surface area (Å²) in [7, 11) is -3.80. The molecule has 0 aliphatic carbocycles. The molecule has 0 bridgehead atoms. The predicted octanol–water partition coefficient (Wildman–Crippen LogP) is 2.22. The summed E-state index contributed by atoms with van der Waals surface area (Å²) in [5, 5.41) is 8.76. The van der Waals surface area contributed by atoms with Crippen LogP contribution in [0.2, 0.25) is 0 Å². The molecule has 0 atom stereocenters. The van der Waals surface area contributed by atoms with Gasteiger partial charge in [0.25, 0.3) is 0 Å². The summed E-state index contributed by atoms with van der Waals surface area (Å²) < 4.78 is 36.4. The molecular formula is C12H18BrNO6S. The molecule has 0 saturated carbocycles. The van der Waals surface area contributed by atoms with E-state index in [1.807, 2.05) is 13.8 Å². The van der Waals surface area contributed by atoms with Gasteiger partial charge < -0.3 is 14.3 Å². The molecule has 21 heavy (non-hydrogen) atoms. The van der Waals surface area contributed by atoms with Crippen LogP contribution in [0.25, 0.3) is 0 Å². The SMILES string of the molecule is CC(C)OCCCCNS(=O)(=O)c1cc(C(=O)O)oc1Br. The summed E-state index contributed by atoms with van der Waals surface area (Å²) in [6.45, 7) is 4.67. The van der Waals surface area contributed by atoms with E-state index in [4.69, 9.17) is 14.3 Å². The highest BCUT2D eigenvalue weighted by atomic mass is 79.9. The van der Waals surface area contributed by atoms with Gasteiger partial charge >= 0.3 is 5.97 Å². The van der Waals surface area contributed by atoms with Crippen LogP contribution in [-0.2, 0) is 14.8 Å².